The van der Waals surface area contributed by atoms with Gasteiger partial charge in [0.15, 0.2) is 0 Å². The zero-order valence-corrected chi connectivity index (χ0v) is 12.9. The number of amides is 1. The fraction of sp³-hybridized carbons (Fsp3) is 0.278. The lowest BCUT2D eigenvalue weighted by molar-refractivity contribution is 0.0673. The maximum absolute atomic E-state index is 13.7. The van der Waals surface area contributed by atoms with Gasteiger partial charge in [0.1, 0.15) is 24.0 Å². The fourth-order valence-electron chi connectivity index (χ4n) is 2.52. The molecule has 0 radical (unpaired) electrons. The predicted molar refractivity (Wildman–Crippen MR) is 85.2 cm³/mol. The second kappa shape index (κ2) is 7.40. The van der Waals surface area contributed by atoms with E-state index in [1.165, 1.54) is 6.07 Å². The Bertz CT molecular complexity index is 730. The van der Waals surface area contributed by atoms with Gasteiger partial charge < -0.3 is 14.8 Å². The van der Waals surface area contributed by atoms with Crippen molar-refractivity contribution in [2.75, 3.05) is 18.5 Å². The zero-order valence-electron chi connectivity index (χ0n) is 12.9. The normalized spacial score (nSPS) is 16.8. The first-order valence-electron chi connectivity index (χ1n) is 7.73. The number of hydrogen-bond donors (Lipinski definition) is 1. The molecule has 6 heteroatoms. The van der Waals surface area contributed by atoms with Crippen LogP contribution in [-0.4, -0.2) is 25.2 Å². The van der Waals surface area contributed by atoms with Gasteiger partial charge in [0.25, 0.3) is 5.91 Å². The van der Waals surface area contributed by atoms with Crippen LogP contribution in [-0.2, 0) is 4.74 Å². The van der Waals surface area contributed by atoms with Gasteiger partial charge in [0.05, 0.1) is 17.4 Å². The van der Waals surface area contributed by atoms with E-state index < -0.39 is 17.5 Å². The second-order valence-corrected chi connectivity index (χ2v) is 5.52. The predicted octanol–water partition coefficient (Wildman–Crippen LogP) is 3.77. The summed E-state index contributed by atoms with van der Waals surface area (Å²) in [6.07, 6.45) is 1.95. The van der Waals surface area contributed by atoms with Crippen molar-refractivity contribution in [2.45, 2.75) is 18.9 Å². The maximum Gasteiger partial charge on any atom is 0.259 e. The van der Waals surface area contributed by atoms with Gasteiger partial charge in [0.2, 0.25) is 0 Å². The Morgan fingerprint density at radius 2 is 2.08 bits per heavy atom. The zero-order chi connectivity index (χ0) is 16.9. The van der Waals surface area contributed by atoms with Crippen LogP contribution in [0.15, 0.2) is 42.5 Å². The van der Waals surface area contributed by atoms with Crippen molar-refractivity contribution in [3.05, 3.63) is 59.7 Å². The summed E-state index contributed by atoms with van der Waals surface area (Å²) in [6, 6.07) is 9.67. The van der Waals surface area contributed by atoms with E-state index in [4.69, 9.17) is 9.47 Å². The lowest BCUT2D eigenvalue weighted by Crippen LogP contribution is -2.19. The van der Waals surface area contributed by atoms with E-state index in [9.17, 15) is 13.6 Å². The fourth-order valence-corrected chi connectivity index (χ4v) is 2.52. The number of benzene rings is 2. The van der Waals surface area contributed by atoms with Crippen LogP contribution >= 0.6 is 0 Å². The van der Waals surface area contributed by atoms with E-state index in [-0.39, 0.29) is 17.4 Å². The summed E-state index contributed by atoms with van der Waals surface area (Å²) < 4.78 is 37.8. The third kappa shape index (κ3) is 3.89. The molecule has 1 unspecified atom stereocenters. The van der Waals surface area contributed by atoms with Crippen molar-refractivity contribution in [3.63, 3.8) is 0 Å². The van der Waals surface area contributed by atoms with E-state index in [2.05, 4.69) is 5.32 Å². The summed E-state index contributed by atoms with van der Waals surface area (Å²) in [5, 5.41) is 2.43. The molecule has 4 nitrogen and oxygen atoms in total. The van der Waals surface area contributed by atoms with Crippen molar-refractivity contribution >= 4 is 11.6 Å². The number of para-hydroxylation sites is 1. The minimum absolute atomic E-state index is 0.0238. The molecule has 0 saturated carbocycles. The maximum atomic E-state index is 13.7. The van der Waals surface area contributed by atoms with E-state index in [0.717, 1.165) is 31.6 Å². The van der Waals surface area contributed by atoms with Gasteiger partial charge >= 0.3 is 0 Å². The lowest BCUT2D eigenvalue weighted by Gasteiger charge is -2.14. The minimum Gasteiger partial charge on any atom is -0.490 e. The highest BCUT2D eigenvalue weighted by molar-refractivity contribution is 6.06. The van der Waals surface area contributed by atoms with Crippen LogP contribution in [0.3, 0.4) is 0 Å². The summed E-state index contributed by atoms with van der Waals surface area (Å²) in [5.41, 5.74) is 0.189. The highest BCUT2D eigenvalue weighted by Gasteiger charge is 2.19. The number of rotatable bonds is 5. The molecule has 1 atom stereocenters. The number of carbonyl (C=O) groups is 1. The van der Waals surface area contributed by atoms with Crippen LogP contribution in [0.2, 0.25) is 0 Å². The van der Waals surface area contributed by atoms with Gasteiger partial charge in [-0.05, 0) is 37.1 Å². The number of hydrogen-bond acceptors (Lipinski definition) is 3. The summed E-state index contributed by atoms with van der Waals surface area (Å²) in [4.78, 5) is 12.4. The van der Waals surface area contributed by atoms with E-state index in [1.54, 1.807) is 24.3 Å². The van der Waals surface area contributed by atoms with Crippen LogP contribution in [0.25, 0.3) is 0 Å². The van der Waals surface area contributed by atoms with Gasteiger partial charge in [-0.25, -0.2) is 8.78 Å². The van der Waals surface area contributed by atoms with Crippen molar-refractivity contribution < 1.29 is 23.0 Å². The topological polar surface area (TPSA) is 47.6 Å². The van der Waals surface area contributed by atoms with Gasteiger partial charge in [-0.1, -0.05) is 12.1 Å². The van der Waals surface area contributed by atoms with Crippen molar-refractivity contribution in [1.82, 2.24) is 0 Å². The minimum atomic E-state index is -0.832. The summed E-state index contributed by atoms with van der Waals surface area (Å²) >= 11 is 0. The SMILES string of the molecule is O=C(Nc1ccc(F)cc1F)c1ccccc1OCC1CCCO1. The van der Waals surface area contributed by atoms with E-state index in [0.29, 0.717) is 12.4 Å². The Morgan fingerprint density at radius 1 is 1.25 bits per heavy atom. The van der Waals surface area contributed by atoms with Gasteiger partial charge in [-0.15, -0.1) is 0 Å². The molecule has 1 aliphatic heterocycles. The van der Waals surface area contributed by atoms with Crippen molar-refractivity contribution in [3.8, 4) is 5.75 Å². The number of anilines is 1. The second-order valence-electron chi connectivity index (χ2n) is 5.52. The summed E-state index contributed by atoms with van der Waals surface area (Å²) in [5.74, 6) is -1.66. The molecule has 1 heterocycles. The first kappa shape index (κ1) is 16.4. The average molecular weight is 333 g/mol. The van der Waals surface area contributed by atoms with Crippen molar-refractivity contribution in [1.29, 1.82) is 0 Å². The van der Waals surface area contributed by atoms with Crippen LogP contribution in [0.4, 0.5) is 14.5 Å². The molecule has 1 aliphatic rings. The number of nitrogens with one attached hydrogen (secondary N) is 1. The molecule has 0 aliphatic carbocycles. The van der Waals surface area contributed by atoms with Gasteiger partial charge in [-0.2, -0.15) is 0 Å². The average Bonchev–Trinajstić information content (AvgIpc) is 3.09. The Balaban J connectivity index is 1.72. The van der Waals surface area contributed by atoms with Crippen LogP contribution in [0.5, 0.6) is 5.75 Å². The molecule has 1 fully saturated rings. The molecular formula is C18H17F2NO3. The molecule has 2 aromatic rings. The molecule has 1 N–H and O–H groups in total. The highest BCUT2D eigenvalue weighted by Crippen LogP contribution is 2.23. The van der Waals surface area contributed by atoms with Crippen LogP contribution in [0.1, 0.15) is 23.2 Å². The third-order valence-corrected chi connectivity index (χ3v) is 3.76. The molecule has 1 saturated heterocycles. The van der Waals surface area contributed by atoms with Crippen LogP contribution in [0, 0.1) is 11.6 Å². The monoisotopic (exact) mass is 333 g/mol. The van der Waals surface area contributed by atoms with Crippen LogP contribution < -0.4 is 10.1 Å². The molecule has 2 aromatic carbocycles. The number of halogens is 2. The molecule has 3 rings (SSSR count). The molecule has 0 spiro atoms. The number of carbonyl (C=O) groups excluding carboxylic acids is 1. The van der Waals surface area contributed by atoms with Crippen molar-refractivity contribution in [2.24, 2.45) is 0 Å². The van der Waals surface area contributed by atoms with Gasteiger partial charge in [0, 0.05) is 12.7 Å². The molecule has 0 aromatic heterocycles. The standard InChI is InChI=1S/C18H17F2NO3/c19-12-7-8-16(15(20)10-12)21-18(22)14-5-1-2-6-17(14)24-11-13-4-3-9-23-13/h1-2,5-8,10,13H,3-4,9,11H2,(H,21,22). The number of ether oxygens (including phenoxy) is 2. The van der Waals surface area contributed by atoms with Gasteiger partial charge in [-0.3, -0.25) is 4.79 Å². The largest absolute Gasteiger partial charge is 0.490 e. The Labute approximate surface area is 138 Å². The lowest BCUT2D eigenvalue weighted by atomic mass is 10.1. The molecule has 126 valence electrons. The highest BCUT2D eigenvalue weighted by atomic mass is 19.1. The molecule has 0 bridgehead atoms. The Morgan fingerprint density at radius 3 is 2.83 bits per heavy atom. The Hall–Kier alpha value is -2.47. The first-order chi connectivity index (χ1) is 11.6. The smallest absolute Gasteiger partial charge is 0.259 e. The van der Waals surface area contributed by atoms with E-state index in [1.807, 2.05) is 0 Å². The molecule has 24 heavy (non-hydrogen) atoms. The molecular weight excluding hydrogens is 316 g/mol. The summed E-state index contributed by atoms with van der Waals surface area (Å²) in [7, 11) is 0. The molecule has 1 amide bonds. The summed E-state index contributed by atoms with van der Waals surface area (Å²) in [6.45, 7) is 1.08. The van der Waals surface area contributed by atoms with E-state index >= 15 is 0 Å². The Kier molecular flexibility index (Phi) is 5.05. The first-order valence-corrected chi connectivity index (χ1v) is 7.73. The quantitative estimate of drug-likeness (QED) is 0.906. The third-order valence-electron chi connectivity index (χ3n) is 3.76.